The molecule has 0 spiro atoms. The number of aromatic nitrogens is 1. The molecule has 0 saturated carbocycles. The zero-order valence-corrected chi connectivity index (χ0v) is 17.6. The molecule has 0 fully saturated rings. The fourth-order valence-electron chi connectivity index (χ4n) is 2.58. The summed E-state index contributed by atoms with van der Waals surface area (Å²) in [7, 11) is 1.66. The van der Waals surface area contributed by atoms with Gasteiger partial charge in [0.1, 0.15) is 6.61 Å². The maximum Gasteiger partial charge on any atom is 0.411 e. The number of benzene rings is 1. The van der Waals surface area contributed by atoms with Crippen molar-refractivity contribution in [3.8, 4) is 0 Å². The molecule has 0 radical (unpaired) electrons. The van der Waals surface area contributed by atoms with Gasteiger partial charge in [0.2, 0.25) is 0 Å². The molecule has 0 atom stereocenters. The van der Waals surface area contributed by atoms with Crippen molar-refractivity contribution in [3.63, 3.8) is 0 Å². The van der Waals surface area contributed by atoms with Gasteiger partial charge in [0.25, 0.3) is 0 Å². The Labute approximate surface area is 174 Å². The summed E-state index contributed by atoms with van der Waals surface area (Å²) in [6, 6.07) is 10.3. The van der Waals surface area contributed by atoms with Crippen LogP contribution in [0.5, 0.6) is 0 Å². The molecule has 27 heavy (non-hydrogen) atoms. The predicted octanol–water partition coefficient (Wildman–Crippen LogP) is 3.78. The number of nitrogens with one attached hydrogen (secondary N) is 2. The number of guanidine groups is 1. The van der Waals surface area contributed by atoms with Crippen LogP contribution in [0, 0.1) is 0 Å². The molecule has 0 bridgehead atoms. The van der Waals surface area contributed by atoms with Crippen LogP contribution < -0.4 is 10.6 Å². The number of halogens is 4. The van der Waals surface area contributed by atoms with Gasteiger partial charge in [0.15, 0.2) is 5.96 Å². The van der Waals surface area contributed by atoms with Gasteiger partial charge in [-0.2, -0.15) is 13.2 Å². The molecule has 2 aromatic rings. The molecule has 0 amide bonds. The lowest BCUT2D eigenvalue weighted by Gasteiger charge is -2.13. The fourth-order valence-corrected chi connectivity index (χ4v) is 2.58. The van der Waals surface area contributed by atoms with E-state index < -0.39 is 12.8 Å². The van der Waals surface area contributed by atoms with Gasteiger partial charge in [-0.3, -0.25) is 4.99 Å². The largest absolute Gasteiger partial charge is 0.411 e. The second-order valence-electron chi connectivity index (χ2n) is 5.87. The molecule has 1 aromatic heterocycles. The Morgan fingerprint density at radius 3 is 2.52 bits per heavy atom. The summed E-state index contributed by atoms with van der Waals surface area (Å²) in [5.41, 5.74) is 1.22. The molecular weight excluding hydrogens is 472 g/mol. The standard InChI is InChI=1S/C18H25F3N4O.HI/c1-22-17(24-10-5-13-26-14-18(19,20)21)23-9-4-11-25-12-8-15-6-2-3-7-16(15)25;/h2-3,6-8,12H,4-5,9-11,13-14H2,1H3,(H2,22,23,24);1H. The molecule has 1 aromatic carbocycles. The van der Waals surface area contributed by atoms with Crippen LogP contribution in [0.1, 0.15) is 12.8 Å². The third-order valence-corrected chi connectivity index (χ3v) is 3.80. The highest BCUT2D eigenvalue weighted by molar-refractivity contribution is 14.0. The van der Waals surface area contributed by atoms with E-state index in [1.807, 2.05) is 12.1 Å². The van der Waals surface area contributed by atoms with Gasteiger partial charge in [-0.15, -0.1) is 24.0 Å². The highest BCUT2D eigenvalue weighted by atomic mass is 127. The number of hydrogen-bond donors (Lipinski definition) is 2. The Balaban J connectivity index is 0.00000364. The van der Waals surface area contributed by atoms with E-state index in [2.05, 4.69) is 49.3 Å². The predicted molar refractivity (Wildman–Crippen MR) is 113 cm³/mol. The van der Waals surface area contributed by atoms with Gasteiger partial charge in [-0.25, -0.2) is 0 Å². The second kappa shape index (κ2) is 12.1. The van der Waals surface area contributed by atoms with E-state index in [0.717, 1.165) is 19.5 Å². The minimum atomic E-state index is -4.27. The third kappa shape index (κ3) is 8.83. The van der Waals surface area contributed by atoms with Crippen LogP contribution in [0.2, 0.25) is 0 Å². The Morgan fingerprint density at radius 2 is 1.81 bits per heavy atom. The number of fused-ring (bicyclic) bond motifs is 1. The Hall–Kier alpha value is -1.49. The molecule has 0 unspecified atom stereocenters. The number of aliphatic imine (C=N–C) groups is 1. The number of ether oxygens (including phenoxy) is 1. The summed E-state index contributed by atoms with van der Waals surface area (Å²) in [6.45, 7) is 0.998. The molecule has 9 heteroatoms. The van der Waals surface area contributed by atoms with Crippen LogP contribution in [-0.4, -0.2) is 50.1 Å². The van der Waals surface area contributed by atoms with E-state index in [1.54, 1.807) is 7.05 Å². The average Bonchev–Trinajstić information content (AvgIpc) is 3.02. The van der Waals surface area contributed by atoms with Gasteiger partial charge in [0, 0.05) is 45.0 Å². The highest BCUT2D eigenvalue weighted by Gasteiger charge is 2.27. The molecule has 1 heterocycles. The van der Waals surface area contributed by atoms with Crippen molar-refractivity contribution in [1.29, 1.82) is 0 Å². The molecule has 0 aliphatic rings. The van der Waals surface area contributed by atoms with Crippen molar-refractivity contribution in [2.24, 2.45) is 4.99 Å². The first-order valence-electron chi connectivity index (χ1n) is 8.62. The van der Waals surface area contributed by atoms with Crippen molar-refractivity contribution in [3.05, 3.63) is 36.5 Å². The molecule has 0 aliphatic carbocycles. The molecule has 2 N–H and O–H groups in total. The summed E-state index contributed by atoms with van der Waals surface area (Å²) in [5, 5.41) is 7.49. The van der Waals surface area contributed by atoms with Crippen molar-refractivity contribution in [1.82, 2.24) is 15.2 Å². The number of aryl methyl sites for hydroxylation is 1. The molecule has 5 nitrogen and oxygen atoms in total. The lowest BCUT2D eigenvalue weighted by molar-refractivity contribution is -0.173. The Kier molecular flexibility index (Phi) is 10.5. The maximum atomic E-state index is 11.9. The topological polar surface area (TPSA) is 50.6 Å². The smallest absolute Gasteiger partial charge is 0.372 e. The number of nitrogens with zero attached hydrogens (tertiary/aromatic N) is 2. The highest BCUT2D eigenvalue weighted by Crippen LogP contribution is 2.15. The third-order valence-electron chi connectivity index (χ3n) is 3.80. The molecular formula is C18H26F3IN4O. The summed E-state index contributed by atoms with van der Waals surface area (Å²) < 4.78 is 42.6. The lowest BCUT2D eigenvalue weighted by Crippen LogP contribution is -2.38. The number of rotatable bonds is 9. The summed E-state index contributed by atoms with van der Waals surface area (Å²) in [4.78, 5) is 4.10. The molecule has 0 saturated heterocycles. The molecule has 0 aliphatic heterocycles. The first-order chi connectivity index (χ1) is 12.5. The minimum Gasteiger partial charge on any atom is -0.372 e. The van der Waals surface area contributed by atoms with Crippen LogP contribution in [-0.2, 0) is 11.3 Å². The summed E-state index contributed by atoms with van der Waals surface area (Å²) in [5.74, 6) is 0.637. The van der Waals surface area contributed by atoms with Crippen molar-refractivity contribution in [2.45, 2.75) is 25.6 Å². The molecule has 152 valence electrons. The summed E-state index contributed by atoms with van der Waals surface area (Å²) >= 11 is 0. The first kappa shape index (κ1) is 23.5. The van der Waals surface area contributed by atoms with Gasteiger partial charge in [0.05, 0.1) is 0 Å². The van der Waals surface area contributed by atoms with Gasteiger partial charge < -0.3 is 19.9 Å². The summed E-state index contributed by atoms with van der Waals surface area (Å²) in [6.07, 6.45) is -0.783. The fraction of sp³-hybridized carbons (Fsp3) is 0.500. The van der Waals surface area contributed by atoms with E-state index in [0.29, 0.717) is 18.9 Å². The van der Waals surface area contributed by atoms with E-state index in [1.165, 1.54) is 10.9 Å². The van der Waals surface area contributed by atoms with Crippen LogP contribution in [0.4, 0.5) is 13.2 Å². The minimum absolute atomic E-state index is 0. The normalized spacial score (nSPS) is 12.1. The van der Waals surface area contributed by atoms with Crippen molar-refractivity contribution in [2.75, 3.05) is 33.4 Å². The van der Waals surface area contributed by atoms with E-state index >= 15 is 0 Å². The average molecular weight is 498 g/mol. The lowest BCUT2D eigenvalue weighted by atomic mass is 10.2. The maximum absolute atomic E-state index is 11.9. The van der Waals surface area contributed by atoms with Gasteiger partial charge >= 0.3 is 6.18 Å². The van der Waals surface area contributed by atoms with Crippen LogP contribution in [0.15, 0.2) is 41.5 Å². The Morgan fingerprint density at radius 1 is 1.11 bits per heavy atom. The zero-order valence-electron chi connectivity index (χ0n) is 15.3. The number of para-hydroxylation sites is 1. The van der Waals surface area contributed by atoms with Crippen LogP contribution in [0.25, 0.3) is 10.9 Å². The monoisotopic (exact) mass is 498 g/mol. The van der Waals surface area contributed by atoms with Crippen molar-refractivity contribution < 1.29 is 17.9 Å². The van der Waals surface area contributed by atoms with Gasteiger partial charge in [-0.05, 0) is 30.4 Å². The molecule has 2 rings (SSSR count). The Bertz CT molecular complexity index is 703. The quantitative estimate of drug-likeness (QED) is 0.240. The van der Waals surface area contributed by atoms with Gasteiger partial charge in [-0.1, -0.05) is 18.2 Å². The number of hydrogen-bond acceptors (Lipinski definition) is 2. The SMILES string of the molecule is CN=C(NCCCOCC(F)(F)F)NCCCn1ccc2ccccc21.I. The van der Waals surface area contributed by atoms with Crippen LogP contribution in [0.3, 0.4) is 0 Å². The zero-order chi connectivity index (χ0) is 18.8. The number of alkyl halides is 3. The van der Waals surface area contributed by atoms with E-state index in [9.17, 15) is 13.2 Å². The first-order valence-corrected chi connectivity index (χ1v) is 8.62. The van der Waals surface area contributed by atoms with E-state index in [-0.39, 0.29) is 30.6 Å². The van der Waals surface area contributed by atoms with Crippen LogP contribution >= 0.6 is 24.0 Å². The second-order valence-corrected chi connectivity index (χ2v) is 5.87. The van der Waals surface area contributed by atoms with E-state index in [4.69, 9.17) is 0 Å². The van der Waals surface area contributed by atoms with Crippen molar-refractivity contribution >= 4 is 40.8 Å².